The van der Waals surface area contributed by atoms with Crippen LogP contribution in [0.4, 0.5) is 0 Å². The summed E-state index contributed by atoms with van der Waals surface area (Å²) in [5.74, 6) is -0.348. The SMILES string of the molecule is O=C1CC2(CCc3ccccc32)C(=O)N1CC(O)c1ccccc1. The van der Waals surface area contributed by atoms with Crippen LogP contribution in [0.25, 0.3) is 0 Å². The molecule has 1 N–H and O–H groups in total. The zero-order valence-corrected chi connectivity index (χ0v) is 13.3. The Bertz CT molecular complexity index is 802. The third kappa shape index (κ3) is 2.18. The number of nitrogens with zero attached hydrogens (tertiary/aromatic N) is 1. The van der Waals surface area contributed by atoms with E-state index in [1.165, 1.54) is 4.90 Å². The summed E-state index contributed by atoms with van der Waals surface area (Å²) in [4.78, 5) is 26.8. The molecule has 0 saturated carbocycles. The van der Waals surface area contributed by atoms with Gasteiger partial charge in [-0.05, 0) is 29.5 Å². The second kappa shape index (κ2) is 5.56. The maximum absolute atomic E-state index is 13.1. The molecule has 1 aliphatic carbocycles. The van der Waals surface area contributed by atoms with Gasteiger partial charge in [0.1, 0.15) is 0 Å². The third-order valence-corrected chi connectivity index (χ3v) is 5.30. The average molecular weight is 321 g/mol. The summed E-state index contributed by atoms with van der Waals surface area (Å²) in [7, 11) is 0. The molecule has 1 saturated heterocycles. The molecule has 122 valence electrons. The molecule has 1 fully saturated rings. The Kier molecular flexibility index (Phi) is 3.50. The van der Waals surface area contributed by atoms with Gasteiger partial charge in [-0.2, -0.15) is 0 Å². The van der Waals surface area contributed by atoms with Gasteiger partial charge in [0.15, 0.2) is 0 Å². The van der Waals surface area contributed by atoms with Gasteiger partial charge < -0.3 is 5.11 Å². The van der Waals surface area contributed by atoms with Crippen LogP contribution in [-0.2, 0) is 21.4 Å². The highest BCUT2D eigenvalue weighted by Gasteiger charge is 2.55. The first kappa shape index (κ1) is 15.1. The molecular weight excluding hydrogens is 302 g/mol. The largest absolute Gasteiger partial charge is 0.387 e. The Labute approximate surface area is 140 Å². The number of hydrogen-bond donors (Lipinski definition) is 1. The first-order valence-electron chi connectivity index (χ1n) is 8.28. The molecule has 2 aromatic carbocycles. The van der Waals surface area contributed by atoms with Crippen LogP contribution in [0.1, 0.15) is 35.6 Å². The van der Waals surface area contributed by atoms with Gasteiger partial charge in [0.05, 0.1) is 18.1 Å². The highest BCUT2D eigenvalue weighted by Crippen LogP contribution is 2.47. The number of carbonyl (C=O) groups is 2. The fourth-order valence-corrected chi connectivity index (χ4v) is 4.03. The predicted molar refractivity (Wildman–Crippen MR) is 89.2 cm³/mol. The standard InChI is InChI=1S/C20H19NO3/c22-17(15-7-2-1-3-8-15)13-21-18(23)12-20(19(21)24)11-10-14-6-4-5-9-16(14)20/h1-9,17,22H,10-13H2. The van der Waals surface area contributed by atoms with Crippen LogP contribution in [0.2, 0.25) is 0 Å². The molecule has 1 heterocycles. The Morgan fingerprint density at radius 1 is 1.04 bits per heavy atom. The lowest BCUT2D eigenvalue weighted by Crippen LogP contribution is -2.39. The maximum atomic E-state index is 13.1. The smallest absolute Gasteiger partial charge is 0.240 e. The quantitative estimate of drug-likeness (QED) is 0.883. The molecule has 1 aliphatic heterocycles. The summed E-state index contributed by atoms with van der Waals surface area (Å²) in [5.41, 5.74) is 2.14. The van der Waals surface area contributed by atoms with E-state index in [4.69, 9.17) is 0 Å². The highest BCUT2D eigenvalue weighted by atomic mass is 16.3. The fraction of sp³-hybridized carbons (Fsp3) is 0.300. The molecular formula is C20H19NO3. The van der Waals surface area contributed by atoms with Crippen molar-refractivity contribution in [1.29, 1.82) is 0 Å². The van der Waals surface area contributed by atoms with Gasteiger partial charge in [-0.1, -0.05) is 54.6 Å². The van der Waals surface area contributed by atoms with Crippen LogP contribution in [0.15, 0.2) is 54.6 Å². The van der Waals surface area contributed by atoms with Crippen molar-refractivity contribution < 1.29 is 14.7 Å². The number of aliphatic hydroxyl groups excluding tert-OH is 1. The summed E-state index contributed by atoms with van der Waals surface area (Å²) in [5, 5.41) is 10.4. The number of hydrogen-bond acceptors (Lipinski definition) is 3. The van der Waals surface area contributed by atoms with Crippen molar-refractivity contribution in [3.8, 4) is 0 Å². The van der Waals surface area contributed by atoms with Crippen molar-refractivity contribution in [2.45, 2.75) is 30.8 Å². The second-order valence-electron chi connectivity index (χ2n) is 6.65. The van der Waals surface area contributed by atoms with Gasteiger partial charge in [0.2, 0.25) is 11.8 Å². The van der Waals surface area contributed by atoms with E-state index in [2.05, 4.69) is 0 Å². The molecule has 4 nitrogen and oxygen atoms in total. The molecule has 0 bridgehead atoms. The molecule has 0 radical (unpaired) electrons. The number of fused-ring (bicyclic) bond motifs is 2. The monoisotopic (exact) mass is 321 g/mol. The zero-order valence-electron chi connectivity index (χ0n) is 13.3. The number of amides is 2. The molecule has 1 spiro atoms. The van der Waals surface area contributed by atoms with Crippen molar-refractivity contribution in [3.05, 3.63) is 71.3 Å². The van der Waals surface area contributed by atoms with Crippen LogP contribution in [0.3, 0.4) is 0 Å². The summed E-state index contributed by atoms with van der Waals surface area (Å²) >= 11 is 0. The van der Waals surface area contributed by atoms with Crippen molar-refractivity contribution in [1.82, 2.24) is 4.90 Å². The van der Waals surface area contributed by atoms with Gasteiger partial charge in [0.25, 0.3) is 0 Å². The lowest BCUT2D eigenvalue weighted by Gasteiger charge is -2.24. The van der Waals surface area contributed by atoms with Gasteiger partial charge >= 0.3 is 0 Å². The van der Waals surface area contributed by atoms with E-state index in [-0.39, 0.29) is 24.8 Å². The number of likely N-dealkylation sites (tertiary alicyclic amines) is 1. The van der Waals surface area contributed by atoms with E-state index in [1.807, 2.05) is 42.5 Å². The average Bonchev–Trinajstić information content (AvgIpc) is 3.10. The van der Waals surface area contributed by atoms with Crippen molar-refractivity contribution >= 4 is 11.8 Å². The van der Waals surface area contributed by atoms with Crippen LogP contribution in [0, 0.1) is 0 Å². The van der Waals surface area contributed by atoms with Gasteiger partial charge in [-0.25, -0.2) is 0 Å². The minimum absolute atomic E-state index is 0.0194. The Morgan fingerprint density at radius 3 is 2.54 bits per heavy atom. The number of aliphatic hydroxyl groups is 1. The Morgan fingerprint density at radius 2 is 1.75 bits per heavy atom. The van der Waals surface area contributed by atoms with Crippen molar-refractivity contribution in [2.75, 3.05) is 6.54 Å². The van der Waals surface area contributed by atoms with Gasteiger partial charge in [-0.3, -0.25) is 14.5 Å². The minimum atomic E-state index is -0.856. The predicted octanol–water partition coefficient (Wildman–Crippen LogP) is 2.36. The zero-order chi connectivity index (χ0) is 16.7. The molecule has 4 rings (SSSR count). The molecule has 2 aromatic rings. The molecule has 2 amide bonds. The molecule has 24 heavy (non-hydrogen) atoms. The summed E-state index contributed by atoms with van der Waals surface area (Å²) in [6, 6.07) is 17.0. The lowest BCUT2D eigenvalue weighted by molar-refractivity contribution is -0.141. The lowest BCUT2D eigenvalue weighted by atomic mass is 9.80. The van der Waals surface area contributed by atoms with E-state index in [9.17, 15) is 14.7 Å². The second-order valence-corrected chi connectivity index (χ2v) is 6.65. The summed E-state index contributed by atoms with van der Waals surface area (Å²) in [6.45, 7) is 0.0194. The van der Waals surface area contributed by atoms with Crippen LogP contribution < -0.4 is 0 Å². The number of β-amino-alcohol motifs (C(OH)–C–C–N with tert-alkyl or cyclic N) is 1. The maximum Gasteiger partial charge on any atom is 0.240 e. The van der Waals surface area contributed by atoms with Crippen molar-refractivity contribution in [3.63, 3.8) is 0 Å². The first-order valence-corrected chi connectivity index (χ1v) is 8.28. The normalized spacial score (nSPS) is 23.8. The third-order valence-electron chi connectivity index (χ3n) is 5.30. The molecule has 2 unspecified atom stereocenters. The van der Waals surface area contributed by atoms with Crippen LogP contribution >= 0.6 is 0 Å². The van der Waals surface area contributed by atoms with Gasteiger partial charge in [-0.15, -0.1) is 0 Å². The van der Waals surface area contributed by atoms with E-state index >= 15 is 0 Å². The fourth-order valence-electron chi connectivity index (χ4n) is 4.03. The number of aryl methyl sites for hydroxylation is 1. The van der Waals surface area contributed by atoms with E-state index in [0.29, 0.717) is 12.0 Å². The number of imide groups is 1. The summed E-state index contributed by atoms with van der Waals surface area (Å²) < 4.78 is 0. The Hall–Kier alpha value is -2.46. The van der Waals surface area contributed by atoms with Crippen LogP contribution in [-0.4, -0.2) is 28.4 Å². The van der Waals surface area contributed by atoms with E-state index in [0.717, 1.165) is 17.5 Å². The number of benzene rings is 2. The highest BCUT2D eigenvalue weighted by molar-refractivity contribution is 6.09. The topological polar surface area (TPSA) is 57.6 Å². The van der Waals surface area contributed by atoms with Gasteiger partial charge in [0, 0.05) is 6.42 Å². The number of carbonyl (C=O) groups excluding carboxylic acids is 2. The molecule has 0 aromatic heterocycles. The molecule has 2 atom stereocenters. The van der Waals surface area contributed by atoms with E-state index in [1.54, 1.807) is 12.1 Å². The molecule has 2 aliphatic rings. The van der Waals surface area contributed by atoms with E-state index < -0.39 is 11.5 Å². The molecule has 4 heteroatoms. The number of rotatable bonds is 3. The summed E-state index contributed by atoms with van der Waals surface area (Å²) in [6.07, 6.45) is 0.856. The van der Waals surface area contributed by atoms with Crippen molar-refractivity contribution in [2.24, 2.45) is 0 Å². The Balaban J connectivity index is 1.61. The van der Waals surface area contributed by atoms with Crippen LogP contribution in [0.5, 0.6) is 0 Å². The first-order chi connectivity index (χ1) is 11.6. The minimum Gasteiger partial charge on any atom is -0.387 e.